The second kappa shape index (κ2) is 5.84. The number of rotatable bonds is 5. The van der Waals surface area contributed by atoms with Crippen molar-refractivity contribution in [3.63, 3.8) is 0 Å². The van der Waals surface area contributed by atoms with E-state index in [9.17, 15) is 4.79 Å². The van der Waals surface area contributed by atoms with Crippen LogP contribution in [0.5, 0.6) is 0 Å². The van der Waals surface area contributed by atoms with Gasteiger partial charge in [-0.2, -0.15) is 5.10 Å². The fourth-order valence-corrected chi connectivity index (χ4v) is 2.58. The Morgan fingerprint density at radius 3 is 2.72 bits per heavy atom. The smallest absolute Gasteiger partial charge is 0.154 e. The minimum Gasteiger partial charge on any atom is -0.396 e. The van der Waals surface area contributed by atoms with Crippen LogP contribution in [0.15, 0.2) is 35.4 Å². The monoisotopic (exact) mass is 262 g/mol. The Kier molecular flexibility index (Phi) is 4.17. The van der Waals surface area contributed by atoms with Crippen molar-refractivity contribution >= 4 is 18.0 Å². The zero-order valence-corrected chi connectivity index (χ0v) is 10.9. The van der Waals surface area contributed by atoms with Crippen LogP contribution in [0.2, 0.25) is 0 Å². The highest BCUT2D eigenvalue weighted by molar-refractivity contribution is 7.99. The Bertz CT molecular complexity index is 537. The first-order chi connectivity index (χ1) is 8.77. The molecule has 0 bridgehead atoms. The van der Waals surface area contributed by atoms with Gasteiger partial charge in [0.2, 0.25) is 0 Å². The van der Waals surface area contributed by atoms with Gasteiger partial charge in [-0.05, 0) is 19.1 Å². The first-order valence-corrected chi connectivity index (χ1v) is 6.60. The van der Waals surface area contributed by atoms with E-state index in [0.717, 1.165) is 17.0 Å². The van der Waals surface area contributed by atoms with E-state index in [1.54, 1.807) is 4.68 Å². The summed E-state index contributed by atoms with van der Waals surface area (Å²) in [5, 5.41) is 14.1. The molecule has 0 radical (unpaired) electrons. The molecule has 2 aromatic rings. The average Bonchev–Trinajstić information content (AvgIpc) is 2.73. The maximum absolute atomic E-state index is 11.1. The molecule has 0 aliphatic rings. The highest BCUT2D eigenvalue weighted by Crippen LogP contribution is 2.26. The number of thioether (sulfide) groups is 1. The highest BCUT2D eigenvalue weighted by atomic mass is 32.2. The van der Waals surface area contributed by atoms with Crippen LogP contribution in [-0.2, 0) is 0 Å². The van der Waals surface area contributed by atoms with Gasteiger partial charge >= 0.3 is 0 Å². The highest BCUT2D eigenvalue weighted by Gasteiger charge is 2.15. The lowest BCUT2D eigenvalue weighted by molar-refractivity contribution is 0.112. The number of nitrogens with zero attached hydrogens (tertiary/aromatic N) is 2. The van der Waals surface area contributed by atoms with Crippen LogP contribution < -0.4 is 0 Å². The molecule has 2 rings (SSSR count). The molecule has 0 fully saturated rings. The Labute approximate surface area is 110 Å². The van der Waals surface area contributed by atoms with Gasteiger partial charge in [-0.25, -0.2) is 4.68 Å². The van der Waals surface area contributed by atoms with Crippen LogP contribution in [0.3, 0.4) is 0 Å². The topological polar surface area (TPSA) is 55.1 Å². The maximum Gasteiger partial charge on any atom is 0.154 e. The third-order valence-corrected chi connectivity index (χ3v) is 3.56. The number of aliphatic hydroxyl groups excluding tert-OH is 1. The van der Waals surface area contributed by atoms with E-state index in [4.69, 9.17) is 5.11 Å². The van der Waals surface area contributed by atoms with Gasteiger partial charge in [-0.15, -0.1) is 11.8 Å². The summed E-state index contributed by atoms with van der Waals surface area (Å²) in [5.41, 5.74) is 2.21. The van der Waals surface area contributed by atoms with Crippen molar-refractivity contribution in [2.24, 2.45) is 0 Å². The number of hydrogen-bond acceptors (Lipinski definition) is 4. The molecule has 0 aliphatic heterocycles. The van der Waals surface area contributed by atoms with E-state index in [1.807, 2.05) is 37.3 Å². The molecular weight excluding hydrogens is 248 g/mol. The Morgan fingerprint density at radius 2 is 2.11 bits per heavy atom. The molecule has 18 heavy (non-hydrogen) atoms. The van der Waals surface area contributed by atoms with E-state index in [2.05, 4.69) is 5.10 Å². The van der Waals surface area contributed by atoms with Crippen molar-refractivity contribution in [3.8, 4) is 5.69 Å². The zero-order valence-electron chi connectivity index (χ0n) is 10.0. The molecule has 1 N–H and O–H groups in total. The number of benzene rings is 1. The Balaban J connectivity index is 2.49. The Hall–Kier alpha value is -1.59. The summed E-state index contributed by atoms with van der Waals surface area (Å²) < 4.78 is 1.75. The zero-order chi connectivity index (χ0) is 13.0. The second-order valence-electron chi connectivity index (χ2n) is 3.74. The maximum atomic E-state index is 11.1. The molecule has 94 valence electrons. The van der Waals surface area contributed by atoms with Crippen molar-refractivity contribution < 1.29 is 9.90 Å². The van der Waals surface area contributed by atoms with Crippen molar-refractivity contribution in [2.75, 3.05) is 12.4 Å². The summed E-state index contributed by atoms with van der Waals surface area (Å²) >= 11 is 1.43. The van der Waals surface area contributed by atoms with Gasteiger partial charge in [-0.1, -0.05) is 18.2 Å². The number of carbonyl (C=O) groups is 1. The molecule has 0 saturated heterocycles. The van der Waals surface area contributed by atoms with Gasteiger partial charge in [0.1, 0.15) is 5.03 Å². The first-order valence-electron chi connectivity index (χ1n) is 5.61. The predicted molar refractivity (Wildman–Crippen MR) is 71.5 cm³/mol. The number of hydrogen-bond donors (Lipinski definition) is 1. The molecule has 0 unspecified atom stereocenters. The van der Waals surface area contributed by atoms with E-state index in [0.29, 0.717) is 17.0 Å². The lowest BCUT2D eigenvalue weighted by Crippen LogP contribution is -2.00. The van der Waals surface area contributed by atoms with Crippen LogP contribution >= 0.6 is 11.8 Å². The van der Waals surface area contributed by atoms with Crippen molar-refractivity contribution in [1.29, 1.82) is 0 Å². The van der Waals surface area contributed by atoms with E-state index in [-0.39, 0.29) is 6.61 Å². The summed E-state index contributed by atoms with van der Waals surface area (Å²) in [6, 6.07) is 9.65. The number of aryl methyl sites for hydroxylation is 1. The third kappa shape index (κ3) is 2.47. The normalized spacial score (nSPS) is 10.6. The molecular formula is C13H14N2O2S. The summed E-state index contributed by atoms with van der Waals surface area (Å²) in [4.78, 5) is 11.1. The van der Waals surface area contributed by atoms with Crippen molar-refractivity contribution in [1.82, 2.24) is 9.78 Å². The standard InChI is InChI=1S/C13H14N2O2S/c1-10-12(9-17)13(18-8-7-16)15(14-10)11-5-3-2-4-6-11/h2-6,9,16H,7-8H2,1H3. The molecule has 0 atom stereocenters. The van der Waals surface area contributed by atoms with Crippen LogP contribution in [-0.4, -0.2) is 33.5 Å². The van der Waals surface area contributed by atoms with E-state index >= 15 is 0 Å². The Morgan fingerprint density at radius 1 is 1.39 bits per heavy atom. The van der Waals surface area contributed by atoms with Gasteiger partial charge in [0.15, 0.2) is 6.29 Å². The third-order valence-electron chi connectivity index (χ3n) is 2.51. The van der Waals surface area contributed by atoms with Crippen LogP contribution in [0, 0.1) is 6.92 Å². The molecule has 0 spiro atoms. The fourth-order valence-electron chi connectivity index (χ4n) is 1.68. The second-order valence-corrected chi connectivity index (χ2v) is 4.83. The van der Waals surface area contributed by atoms with Gasteiger partial charge in [0, 0.05) is 5.75 Å². The molecule has 1 aromatic heterocycles. The summed E-state index contributed by atoms with van der Waals surface area (Å²) in [6.07, 6.45) is 0.821. The largest absolute Gasteiger partial charge is 0.396 e. The molecule has 0 aliphatic carbocycles. The SMILES string of the molecule is Cc1nn(-c2ccccc2)c(SCCO)c1C=O. The number of aromatic nitrogens is 2. The van der Waals surface area contributed by atoms with E-state index in [1.165, 1.54) is 11.8 Å². The molecule has 4 nitrogen and oxygen atoms in total. The number of para-hydroxylation sites is 1. The lowest BCUT2D eigenvalue weighted by Gasteiger charge is -2.06. The number of carbonyl (C=O) groups excluding carboxylic acids is 1. The number of aliphatic hydroxyl groups is 1. The summed E-state index contributed by atoms with van der Waals surface area (Å²) in [7, 11) is 0. The predicted octanol–water partition coefficient (Wildman–Crippen LogP) is 2.08. The number of aldehydes is 1. The van der Waals surface area contributed by atoms with Gasteiger partial charge in [-0.3, -0.25) is 4.79 Å². The minimum atomic E-state index is 0.0714. The van der Waals surface area contributed by atoms with Gasteiger partial charge in [0.25, 0.3) is 0 Å². The first kappa shape index (κ1) is 12.9. The quantitative estimate of drug-likeness (QED) is 0.662. The minimum absolute atomic E-state index is 0.0714. The van der Waals surface area contributed by atoms with E-state index < -0.39 is 0 Å². The van der Waals surface area contributed by atoms with Gasteiger partial charge < -0.3 is 5.11 Å². The van der Waals surface area contributed by atoms with Crippen molar-refractivity contribution in [2.45, 2.75) is 11.9 Å². The molecule has 1 heterocycles. The molecule has 1 aromatic carbocycles. The van der Waals surface area contributed by atoms with Crippen molar-refractivity contribution in [3.05, 3.63) is 41.6 Å². The van der Waals surface area contributed by atoms with Gasteiger partial charge in [0.05, 0.1) is 23.6 Å². The lowest BCUT2D eigenvalue weighted by atomic mass is 10.3. The van der Waals surface area contributed by atoms with Crippen LogP contribution in [0.4, 0.5) is 0 Å². The molecule has 0 saturated carbocycles. The molecule has 0 amide bonds. The molecule has 5 heteroatoms. The summed E-state index contributed by atoms with van der Waals surface area (Å²) in [5.74, 6) is 0.540. The summed E-state index contributed by atoms with van der Waals surface area (Å²) in [6.45, 7) is 1.88. The average molecular weight is 262 g/mol. The van der Waals surface area contributed by atoms with Crippen LogP contribution in [0.1, 0.15) is 16.1 Å². The van der Waals surface area contributed by atoms with Crippen LogP contribution in [0.25, 0.3) is 5.69 Å². The fraction of sp³-hybridized carbons (Fsp3) is 0.231.